The van der Waals surface area contributed by atoms with E-state index in [1.54, 1.807) is 24.4 Å². The SMILES string of the molecule is O=C(O)c1cn2c(CC3CCO3)c(CN3CCN(c4cccc(OCc5ccc(Cl)cc5F)n4)CC3)nc2s1. The molecule has 2 aliphatic heterocycles. The standard InChI is InChI=1S/C27H27ClFN5O4S/c28-18-5-4-17(20(29)12-18)16-38-25-3-1-2-24(31-25)33-9-7-32(8-10-33)14-21-22(13-19-6-11-37-19)34-15-23(26(35)36)39-27(34)30-21/h1-5,12,15,19H,6-11,13-14,16H2,(H,35,36). The Morgan fingerprint density at radius 2 is 2.03 bits per heavy atom. The highest BCUT2D eigenvalue weighted by Gasteiger charge is 2.27. The van der Waals surface area contributed by atoms with Crippen LogP contribution < -0.4 is 9.64 Å². The Labute approximate surface area is 233 Å². The van der Waals surface area contributed by atoms with Crippen molar-refractivity contribution in [1.29, 1.82) is 0 Å². The number of carboxylic acids is 1. The molecule has 0 radical (unpaired) electrons. The minimum Gasteiger partial charge on any atom is -0.477 e. The van der Waals surface area contributed by atoms with E-state index in [1.807, 2.05) is 16.5 Å². The Hall–Kier alpha value is -3.25. The number of hydrogen-bond acceptors (Lipinski definition) is 8. The normalized spacial score (nSPS) is 17.9. The van der Waals surface area contributed by atoms with Gasteiger partial charge in [0.05, 0.1) is 17.5 Å². The van der Waals surface area contributed by atoms with E-state index in [2.05, 4.69) is 14.8 Å². The Bertz CT molecular complexity index is 1500. The molecule has 12 heteroatoms. The fourth-order valence-electron chi connectivity index (χ4n) is 4.84. The number of hydrogen-bond donors (Lipinski definition) is 1. The van der Waals surface area contributed by atoms with Gasteiger partial charge < -0.3 is 19.5 Å². The summed E-state index contributed by atoms with van der Waals surface area (Å²) in [5.74, 6) is -0.0894. The predicted molar refractivity (Wildman–Crippen MR) is 146 cm³/mol. The second kappa shape index (κ2) is 11.1. The van der Waals surface area contributed by atoms with E-state index in [4.69, 9.17) is 26.1 Å². The molecule has 2 aliphatic rings. The largest absolute Gasteiger partial charge is 0.477 e. The van der Waals surface area contributed by atoms with E-state index in [0.29, 0.717) is 28.0 Å². The third kappa shape index (κ3) is 5.72. The third-order valence-corrected chi connectivity index (χ3v) is 8.31. The molecule has 1 atom stereocenters. The number of fused-ring (bicyclic) bond motifs is 1. The summed E-state index contributed by atoms with van der Waals surface area (Å²) in [4.78, 5) is 26.5. The average molecular weight is 572 g/mol. The van der Waals surface area contributed by atoms with Crippen molar-refractivity contribution in [3.63, 3.8) is 0 Å². The van der Waals surface area contributed by atoms with Crippen molar-refractivity contribution in [3.05, 3.63) is 75.3 Å². The van der Waals surface area contributed by atoms with Crippen LogP contribution in [0.2, 0.25) is 5.02 Å². The zero-order chi connectivity index (χ0) is 26.9. The number of carbonyl (C=O) groups is 1. The highest BCUT2D eigenvalue weighted by molar-refractivity contribution is 7.18. The van der Waals surface area contributed by atoms with E-state index in [0.717, 1.165) is 62.8 Å². The number of ether oxygens (including phenoxy) is 2. The zero-order valence-corrected chi connectivity index (χ0v) is 22.6. The van der Waals surface area contributed by atoms with E-state index in [1.165, 1.54) is 17.4 Å². The van der Waals surface area contributed by atoms with Gasteiger partial charge in [0.1, 0.15) is 23.1 Å². The van der Waals surface area contributed by atoms with Crippen LogP contribution in [-0.4, -0.2) is 69.2 Å². The van der Waals surface area contributed by atoms with Crippen molar-refractivity contribution in [2.75, 3.05) is 37.7 Å². The number of nitrogens with zero attached hydrogens (tertiary/aromatic N) is 5. The highest BCUT2D eigenvalue weighted by Crippen LogP contribution is 2.27. The molecule has 204 valence electrons. The van der Waals surface area contributed by atoms with E-state index < -0.39 is 11.8 Å². The first-order valence-electron chi connectivity index (χ1n) is 12.8. The number of rotatable bonds is 9. The van der Waals surface area contributed by atoms with Crippen LogP contribution in [0.4, 0.5) is 10.2 Å². The fourth-order valence-corrected chi connectivity index (χ4v) is 5.85. The molecule has 3 aromatic heterocycles. The molecule has 4 aromatic rings. The van der Waals surface area contributed by atoms with Crippen molar-refractivity contribution in [2.45, 2.75) is 32.1 Å². The molecule has 39 heavy (non-hydrogen) atoms. The Morgan fingerprint density at radius 1 is 1.21 bits per heavy atom. The number of imidazole rings is 1. The summed E-state index contributed by atoms with van der Waals surface area (Å²) in [7, 11) is 0. The highest BCUT2D eigenvalue weighted by atomic mass is 35.5. The van der Waals surface area contributed by atoms with Crippen LogP contribution >= 0.6 is 22.9 Å². The number of benzene rings is 1. The van der Waals surface area contributed by atoms with Crippen LogP contribution in [0.15, 0.2) is 42.6 Å². The summed E-state index contributed by atoms with van der Waals surface area (Å²) in [5, 5.41) is 9.75. The average Bonchev–Trinajstić information content (AvgIpc) is 3.45. The molecule has 2 fully saturated rings. The van der Waals surface area contributed by atoms with Crippen molar-refractivity contribution in [1.82, 2.24) is 19.3 Å². The lowest BCUT2D eigenvalue weighted by molar-refractivity contribution is -0.0499. The summed E-state index contributed by atoms with van der Waals surface area (Å²) in [6.07, 6.45) is 3.56. The first kappa shape index (κ1) is 26.0. The van der Waals surface area contributed by atoms with Gasteiger partial charge in [0.15, 0.2) is 4.96 Å². The minimum absolute atomic E-state index is 0.0670. The summed E-state index contributed by atoms with van der Waals surface area (Å²) < 4.78 is 27.4. The lowest BCUT2D eigenvalue weighted by Gasteiger charge is -2.35. The molecule has 1 aromatic carbocycles. The maximum Gasteiger partial charge on any atom is 0.347 e. The number of aromatic nitrogens is 3. The van der Waals surface area contributed by atoms with Gasteiger partial charge in [-0.2, -0.15) is 4.98 Å². The van der Waals surface area contributed by atoms with Gasteiger partial charge in [0, 0.05) is 68.6 Å². The molecule has 6 rings (SSSR count). The molecule has 0 aliphatic carbocycles. The van der Waals surface area contributed by atoms with E-state index >= 15 is 0 Å². The lowest BCUT2D eigenvalue weighted by Crippen LogP contribution is -2.46. The topological polar surface area (TPSA) is 92.4 Å². The summed E-state index contributed by atoms with van der Waals surface area (Å²) in [6, 6.07) is 10.1. The van der Waals surface area contributed by atoms with Crippen LogP contribution in [0.1, 0.15) is 33.0 Å². The van der Waals surface area contributed by atoms with Gasteiger partial charge in [0.25, 0.3) is 0 Å². The van der Waals surface area contributed by atoms with E-state index in [-0.39, 0.29) is 17.6 Å². The number of thiazole rings is 1. The second-order valence-electron chi connectivity index (χ2n) is 9.67. The number of anilines is 1. The van der Waals surface area contributed by atoms with Crippen molar-refractivity contribution in [3.8, 4) is 5.88 Å². The maximum atomic E-state index is 14.1. The molecule has 0 amide bonds. The Kier molecular flexibility index (Phi) is 7.39. The van der Waals surface area contributed by atoms with Gasteiger partial charge in [-0.3, -0.25) is 9.30 Å². The molecule has 0 saturated carbocycles. The first-order valence-corrected chi connectivity index (χ1v) is 14.0. The molecule has 1 unspecified atom stereocenters. The molecule has 9 nitrogen and oxygen atoms in total. The molecular weight excluding hydrogens is 545 g/mol. The number of halogens is 2. The fraction of sp³-hybridized carbons (Fsp3) is 0.370. The predicted octanol–water partition coefficient (Wildman–Crippen LogP) is 4.51. The number of carboxylic acid groups (broad SMARTS) is 1. The Balaban J connectivity index is 1.09. The number of piperazine rings is 1. The second-order valence-corrected chi connectivity index (χ2v) is 11.1. The Morgan fingerprint density at radius 3 is 2.74 bits per heavy atom. The van der Waals surface area contributed by atoms with Gasteiger partial charge in [0.2, 0.25) is 5.88 Å². The van der Waals surface area contributed by atoms with Gasteiger partial charge in [-0.25, -0.2) is 14.2 Å². The number of aromatic carboxylic acids is 1. The minimum atomic E-state index is -0.936. The first-order chi connectivity index (χ1) is 18.9. The zero-order valence-electron chi connectivity index (χ0n) is 21.1. The van der Waals surface area contributed by atoms with E-state index in [9.17, 15) is 14.3 Å². The third-order valence-electron chi connectivity index (χ3n) is 7.10. The molecule has 0 bridgehead atoms. The molecule has 1 N–H and O–H groups in total. The van der Waals surface area contributed by atoms with Crippen LogP contribution in [0.3, 0.4) is 0 Å². The van der Waals surface area contributed by atoms with Gasteiger partial charge in [-0.05, 0) is 24.6 Å². The summed E-state index contributed by atoms with van der Waals surface area (Å²) >= 11 is 7.03. The van der Waals surface area contributed by atoms with Crippen LogP contribution in [0.5, 0.6) is 5.88 Å². The summed E-state index contributed by atoms with van der Waals surface area (Å²) in [5.41, 5.74) is 2.43. The molecule has 5 heterocycles. The molecule has 0 spiro atoms. The van der Waals surface area contributed by atoms with Crippen LogP contribution in [0.25, 0.3) is 4.96 Å². The number of pyridine rings is 1. The smallest absolute Gasteiger partial charge is 0.347 e. The maximum absolute atomic E-state index is 14.1. The monoisotopic (exact) mass is 571 g/mol. The van der Waals surface area contributed by atoms with Crippen molar-refractivity contribution < 1.29 is 23.8 Å². The van der Waals surface area contributed by atoms with Gasteiger partial charge in [-0.15, -0.1) is 0 Å². The van der Waals surface area contributed by atoms with Crippen LogP contribution in [0, 0.1) is 5.82 Å². The molecule has 2 saturated heterocycles. The summed E-state index contributed by atoms with van der Waals surface area (Å²) in [6.45, 7) is 4.75. The van der Waals surface area contributed by atoms with Crippen LogP contribution in [-0.2, 0) is 24.3 Å². The molecular formula is C27H27ClFN5O4S. The quantitative estimate of drug-likeness (QED) is 0.314. The lowest BCUT2D eigenvalue weighted by atomic mass is 10.1. The van der Waals surface area contributed by atoms with Gasteiger partial charge >= 0.3 is 5.97 Å². The van der Waals surface area contributed by atoms with Crippen molar-refractivity contribution >= 4 is 39.7 Å². The van der Waals surface area contributed by atoms with Gasteiger partial charge in [-0.1, -0.05) is 35.1 Å². The van der Waals surface area contributed by atoms with Crippen molar-refractivity contribution in [2.24, 2.45) is 0 Å².